The van der Waals surface area contributed by atoms with Crippen LogP contribution in [-0.2, 0) is 14.4 Å². The third-order valence-electron chi connectivity index (χ3n) is 10.00. The molecule has 0 aliphatic rings. The van der Waals surface area contributed by atoms with E-state index in [2.05, 4.69) is 19.1 Å². The summed E-state index contributed by atoms with van der Waals surface area (Å²) in [5.74, 6) is -4.30. The molecule has 46 heavy (non-hydrogen) atoms. The van der Waals surface area contributed by atoms with Crippen LogP contribution < -0.4 is 5.11 Å². The third kappa shape index (κ3) is 25.2. The number of hydrogen-bond acceptors (Lipinski definition) is 4. The number of rotatable bonds is 34. The summed E-state index contributed by atoms with van der Waals surface area (Å²) in [4.78, 5) is 34.4. The Bertz CT molecular complexity index is 738. The monoisotopic (exact) mass is 652 g/mol. The van der Waals surface area contributed by atoms with E-state index in [1.807, 2.05) is 0 Å². The third-order valence-corrected chi connectivity index (χ3v) is 10.00. The lowest BCUT2D eigenvalue weighted by Crippen LogP contribution is -2.52. The first-order valence-corrected chi connectivity index (χ1v) is 19.2. The highest BCUT2D eigenvalue weighted by atomic mass is 16.4. The molecule has 3 atom stereocenters. The minimum atomic E-state index is -1.07. The van der Waals surface area contributed by atoms with Crippen molar-refractivity contribution in [3.05, 3.63) is 12.2 Å². The van der Waals surface area contributed by atoms with Crippen molar-refractivity contribution in [1.82, 2.24) is 0 Å². The van der Waals surface area contributed by atoms with Crippen LogP contribution in [0.4, 0.5) is 0 Å². The van der Waals surface area contributed by atoms with Crippen LogP contribution in [0.1, 0.15) is 175 Å². The maximum Gasteiger partial charge on any atom is 0.306 e. The molecule has 270 valence electrons. The fourth-order valence-electron chi connectivity index (χ4n) is 6.19. The predicted octanol–water partition coefficient (Wildman–Crippen LogP) is 9.18. The Balaban J connectivity index is 4.28. The lowest BCUT2D eigenvalue weighted by atomic mass is 10.0. The van der Waals surface area contributed by atoms with Gasteiger partial charge in [0.2, 0.25) is 0 Å². The second-order valence-electron chi connectivity index (χ2n) is 14.4. The summed E-state index contributed by atoms with van der Waals surface area (Å²) >= 11 is 0. The summed E-state index contributed by atoms with van der Waals surface area (Å²) in [6, 6.07) is 0. The van der Waals surface area contributed by atoms with E-state index in [9.17, 15) is 29.7 Å². The maximum absolute atomic E-state index is 11.5. The van der Waals surface area contributed by atoms with Gasteiger partial charge in [-0.1, -0.05) is 130 Å². The number of carbonyl (C=O) groups is 3. The van der Waals surface area contributed by atoms with Gasteiger partial charge in [0.15, 0.2) is 0 Å². The first-order valence-electron chi connectivity index (χ1n) is 19.2. The molecule has 0 heterocycles. The van der Waals surface area contributed by atoms with Gasteiger partial charge in [-0.05, 0) is 38.5 Å². The Hall–Kier alpha value is -1.89. The van der Waals surface area contributed by atoms with Crippen molar-refractivity contribution in [3.8, 4) is 0 Å². The van der Waals surface area contributed by atoms with E-state index in [1.54, 1.807) is 20.8 Å². The number of carbonyl (C=O) groups excluding carboxylic acids is 1. The summed E-state index contributed by atoms with van der Waals surface area (Å²) in [7, 11) is 0. The first kappa shape index (κ1) is 44.1. The van der Waals surface area contributed by atoms with Crippen LogP contribution in [0.15, 0.2) is 12.2 Å². The van der Waals surface area contributed by atoms with Gasteiger partial charge in [-0.2, -0.15) is 0 Å². The van der Waals surface area contributed by atoms with Crippen molar-refractivity contribution >= 4 is 17.9 Å². The number of allylic oxidation sites excluding steroid dienone is 2. The SMILES string of the molecule is CCCCCC/C=C/CCCCCCCCCCCCCCCC[N+](CCC(C)C(=O)[O-])(CCC(C)C(=O)O)CCC(C)C(=O)O. The summed E-state index contributed by atoms with van der Waals surface area (Å²) in [5, 5.41) is 30.3. The minimum absolute atomic E-state index is 0.447. The van der Waals surface area contributed by atoms with Gasteiger partial charge < -0.3 is 24.6 Å². The first-order chi connectivity index (χ1) is 22.0. The second-order valence-corrected chi connectivity index (χ2v) is 14.4. The average molecular weight is 652 g/mol. The highest BCUT2D eigenvalue weighted by molar-refractivity contribution is 5.69. The Morgan fingerprint density at radius 3 is 1.20 bits per heavy atom. The highest BCUT2D eigenvalue weighted by Gasteiger charge is 2.30. The lowest BCUT2D eigenvalue weighted by molar-refractivity contribution is -0.929. The number of carboxylic acids is 3. The van der Waals surface area contributed by atoms with Crippen molar-refractivity contribution in [2.45, 2.75) is 175 Å². The maximum atomic E-state index is 11.5. The number of hydrogen-bond donors (Lipinski definition) is 2. The van der Waals surface area contributed by atoms with E-state index in [0.29, 0.717) is 43.4 Å². The molecule has 0 aromatic carbocycles. The minimum Gasteiger partial charge on any atom is -0.550 e. The summed E-state index contributed by atoms with van der Waals surface area (Å²) in [6.45, 7) is 10.0. The van der Waals surface area contributed by atoms with Gasteiger partial charge in [0.1, 0.15) is 0 Å². The molecular formula is C39H73NO6. The zero-order chi connectivity index (χ0) is 34.5. The molecule has 0 aromatic heterocycles. The van der Waals surface area contributed by atoms with Crippen LogP contribution in [0.2, 0.25) is 0 Å². The van der Waals surface area contributed by atoms with Crippen molar-refractivity contribution < 1.29 is 34.2 Å². The molecule has 0 saturated heterocycles. The molecule has 7 heteroatoms. The van der Waals surface area contributed by atoms with E-state index < -0.39 is 35.7 Å². The van der Waals surface area contributed by atoms with Crippen LogP contribution in [0.25, 0.3) is 0 Å². The summed E-state index contributed by atoms with van der Waals surface area (Å²) in [5.41, 5.74) is 0. The molecule has 0 spiro atoms. The van der Waals surface area contributed by atoms with E-state index in [4.69, 9.17) is 0 Å². The van der Waals surface area contributed by atoms with Crippen molar-refractivity contribution in [2.75, 3.05) is 26.2 Å². The molecule has 0 bridgehead atoms. The van der Waals surface area contributed by atoms with Crippen LogP contribution in [0, 0.1) is 17.8 Å². The molecular weight excluding hydrogens is 578 g/mol. The van der Waals surface area contributed by atoms with Crippen molar-refractivity contribution in [1.29, 1.82) is 0 Å². The molecule has 0 fully saturated rings. The van der Waals surface area contributed by atoms with Gasteiger partial charge in [0, 0.05) is 31.1 Å². The highest BCUT2D eigenvalue weighted by Crippen LogP contribution is 2.22. The standard InChI is InChI=1S/C39H73NO6/c1-5-6-7-8-9-10-11-12-13-14-15-16-17-18-19-20-21-22-23-24-25-26-30-40(31-27-34(2)37(41)42,32-28-35(3)38(43)44)33-29-36(4)39(45)46/h10-11,34-36H,5-9,12-33H2,1-4H3,(H2-,41,42,43,44,45,46)/b11-10+. The Labute approximate surface area is 283 Å². The topological polar surface area (TPSA) is 115 Å². The number of aliphatic carboxylic acids is 3. The Morgan fingerprint density at radius 2 is 0.848 bits per heavy atom. The number of unbranched alkanes of at least 4 members (excludes halogenated alkanes) is 18. The molecule has 2 N–H and O–H groups in total. The molecule has 0 aliphatic carbocycles. The molecule has 0 rings (SSSR count). The second kappa shape index (κ2) is 29.3. The van der Waals surface area contributed by atoms with Crippen LogP contribution in [0.5, 0.6) is 0 Å². The predicted molar refractivity (Wildman–Crippen MR) is 189 cm³/mol. The molecule has 7 nitrogen and oxygen atoms in total. The van der Waals surface area contributed by atoms with Crippen molar-refractivity contribution in [3.63, 3.8) is 0 Å². The normalized spacial score (nSPS) is 15.0. The quantitative estimate of drug-likeness (QED) is 0.0407. The van der Waals surface area contributed by atoms with Gasteiger partial charge in [-0.3, -0.25) is 9.59 Å². The lowest BCUT2D eigenvalue weighted by Gasteiger charge is -2.41. The van der Waals surface area contributed by atoms with Gasteiger partial charge in [0.25, 0.3) is 0 Å². The fourth-order valence-corrected chi connectivity index (χ4v) is 6.19. The van der Waals surface area contributed by atoms with Gasteiger partial charge >= 0.3 is 11.9 Å². The Kier molecular flexibility index (Phi) is 28.1. The van der Waals surface area contributed by atoms with E-state index >= 15 is 0 Å². The van der Waals surface area contributed by atoms with E-state index in [-0.39, 0.29) is 0 Å². The van der Waals surface area contributed by atoms with Crippen molar-refractivity contribution in [2.24, 2.45) is 17.8 Å². The van der Waals surface area contributed by atoms with E-state index in [1.165, 1.54) is 116 Å². The molecule has 0 saturated carbocycles. The smallest absolute Gasteiger partial charge is 0.306 e. The van der Waals surface area contributed by atoms with Gasteiger partial charge in [-0.25, -0.2) is 0 Å². The molecule has 0 amide bonds. The summed E-state index contributed by atoms with van der Waals surface area (Å²) in [6.07, 6.45) is 32.0. The largest absolute Gasteiger partial charge is 0.550 e. The number of quaternary nitrogens is 1. The zero-order valence-corrected chi connectivity index (χ0v) is 30.5. The van der Waals surface area contributed by atoms with Crippen LogP contribution in [-0.4, -0.2) is 58.8 Å². The summed E-state index contributed by atoms with van der Waals surface area (Å²) < 4.78 is 0.586. The molecule has 0 radical (unpaired) electrons. The molecule has 0 aliphatic heterocycles. The van der Waals surface area contributed by atoms with Crippen LogP contribution in [0.3, 0.4) is 0 Å². The fraction of sp³-hybridized carbons (Fsp3) is 0.872. The number of nitrogens with zero attached hydrogens (tertiary/aromatic N) is 1. The zero-order valence-electron chi connectivity index (χ0n) is 30.5. The van der Waals surface area contributed by atoms with Gasteiger partial charge in [0.05, 0.1) is 38.0 Å². The molecule has 3 unspecified atom stereocenters. The Morgan fingerprint density at radius 1 is 0.522 bits per heavy atom. The van der Waals surface area contributed by atoms with Crippen LogP contribution >= 0.6 is 0 Å². The average Bonchev–Trinajstić information content (AvgIpc) is 3.03. The van der Waals surface area contributed by atoms with E-state index in [0.717, 1.165) is 19.4 Å². The number of carboxylic acid groups (broad SMARTS) is 3. The van der Waals surface area contributed by atoms with Gasteiger partial charge in [-0.15, -0.1) is 0 Å². The molecule has 0 aromatic rings.